The van der Waals surface area contributed by atoms with Crippen molar-refractivity contribution < 1.29 is 28.6 Å². The minimum Gasteiger partial charge on any atom is -0.493 e. The first kappa shape index (κ1) is 41.8. The lowest BCUT2D eigenvalue weighted by molar-refractivity contribution is -0.154. The lowest BCUT2D eigenvalue weighted by atomic mass is 9.89. The van der Waals surface area contributed by atoms with Crippen LogP contribution in [0.1, 0.15) is 97.8 Å². The number of rotatable bonds is 12. The van der Waals surface area contributed by atoms with Crippen molar-refractivity contribution in [3.05, 3.63) is 101 Å². The number of aromatic nitrogens is 2. The van der Waals surface area contributed by atoms with E-state index in [4.69, 9.17) is 19.2 Å². The Bertz CT molecular complexity index is 2310. The van der Waals surface area contributed by atoms with Gasteiger partial charge in [-0.05, 0) is 151 Å². The largest absolute Gasteiger partial charge is 0.493 e. The Labute approximate surface area is 351 Å². The molecule has 0 atom stereocenters. The van der Waals surface area contributed by atoms with E-state index in [1.54, 1.807) is 0 Å². The SMILES string of the molecule is COC(=O)C(C)(C)N1CCC(CCCOc2cccc(-c3ccc(N4CCc5cccc(C(=O)Nc6nc7ccccc7s6)c5C4)nc3C(=O)OC(C)(C)C)c2C)CC1. The highest BCUT2D eigenvalue weighted by molar-refractivity contribution is 7.22. The Balaban J connectivity index is 1.06. The number of ether oxygens (including phenoxy) is 3. The molecule has 4 heterocycles. The van der Waals surface area contributed by atoms with Crippen LogP contribution in [-0.2, 0) is 27.2 Å². The first-order valence-corrected chi connectivity index (χ1v) is 21.4. The van der Waals surface area contributed by atoms with Crippen LogP contribution in [-0.4, -0.2) is 77.2 Å². The van der Waals surface area contributed by atoms with Crippen molar-refractivity contribution in [3.8, 4) is 16.9 Å². The molecule has 310 valence electrons. The Morgan fingerprint density at radius 3 is 2.39 bits per heavy atom. The molecule has 1 saturated heterocycles. The number of para-hydroxylation sites is 1. The Morgan fingerprint density at radius 2 is 1.64 bits per heavy atom. The van der Waals surface area contributed by atoms with Crippen molar-refractivity contribution in [2.45, 2.75) is 91.3 Å². The van der Waals surface area contributed by atoms with E-state index in [9.17, 15) is 14.4 Å². The van der Waals surface area contributed by atoms with Crippen LogP contribution in [0.3, 0.4) is 0 Å². The number of esters is 2. The highest BCUT2D eigenvalue weighted by Gasteiger charge is 2.37. The monoisotopic (exact) mass is 817 g/mol. The summed E-state index contributed by atoms with van der Waals surface area (Å²) in [4.78, 5) is 53.9. The van der Waals surface area contributed by atoms with Crippen molar-refractivity contribution in [3.63, 3.8) is 0 Å². The molecule has 59 heavy (non-hydrogen) atoms. The summed E-state index contributed by atoms with van der Waals surface area (Å²) in [6, 6.07) is 23.5. The van der Waals surface area contributed by atoms with Crippen LogP contribution in [0.5, 0.6) is 5.75 Å². The minimum absolute atomic E-state index is 0.196. The molecule has 2 aliphatic rings. The highest BCUT2D eigenvalue weighted by Crippen LogP contribution is 2.36. The summed E-state index contributed by atoms with van der Waals surface area (Å²) in [7, 11) is 1.45. The van der Waals surface area contributed by atoms with Gasteiger partial charge in [0.25, 0.3) is 5.91 Å². The van der Waals surface area contributed by atoms with Gasteiger partial charge < -0.3 is 19.1 Å². The van der Waals surface area contributed by atoms with E-state index in [1.165, 1.54) is 18.4 Å². The van der Waals surface area contributed by atoms with Crippen LogP contribution in [0, 0.1) is 12.8 Å². The van der Waals surface area contributed by atoms with Crippen LogP contribution in [0.15, 0.2) is 72.8 Å². The number of methoxy groups -OCH3 is 1. The lowest BCUT2D eigenvalue weighted by Crippen LogP contribution is -2.53. The Hall–Kier alpha value is -5.33. The number of fused-ring (bicyclic) bond motifs is 2. The smallest absolute Gasteiger partial charge is 0.358 e. The average molecular weight is 818 g/mol. The Kier molecular flexibility index (Phi) is 12.4. The molecule has 5 aromatic rings. The molecule has 0 unspecified atom stereocenters. The fourth-order valence-corrected chi connectivity index (χ4v) is 9.04. The number of carbonyl (C=O) groups is 3. The molecule has 11 nitrogen and oxygen atoms in total. The standard InChI is InChI=1S/C47H55N5O6S/c1-30-33(15-11-18-38(30)57-28-12-13-31-22-26-52(27-23-31)47(5,6)44(55)56-7)34-20-21-40(49-41(34)43(54)58-46(2,3)4)51-25-24-32-14-10-16-35(36(32)29-51)42(53)50-45-48-37-17-8-9-19-39(37)59-45/h8-11,14-21,31H,12-13,22-29H2,1-7H3,(H,48,50,53). The molecule has 12 heteroatoms. The second kappa shape index (κ2) is 17.5. The number of likely N-dealkylation sites (tertiary alicyclic amines) is 1. The third-order valence-corrected chi connectivity index (χ3v) is 12.5. The van der Waals surface area contributed by atoms with Crippen LogP contribution in [0.2, 0.25) is 0 Å². The van der Waals surface area contributed by atoms with Gasteiger partial charge in [0, 0.05) is 24.2 Å². The van der Waals surface area contributed by atoms with Gasteiger partial charge in [-0.3, -0.25) is 19.8 Å². The number of amides is 1. The van der Waals surface area contributed by atoms with E-state index in [1.807, 2.05) is 108 Å². The summed E-state index contributed by atoms with van der Waals surface area (Å²) >= 11 is 1.45. The zero-order valence-corrected chi connectivity index (χ0v) is 36.0. The quantitative estimate of drug-likeness (QED) is 0.0963. The predicted molar refractivity (Wildman–Crippen MR) is 233 cm³/mol. The van der Waals surface area contributed by atoms with Gasteiger partial charge in [0.1, 0.15) is 22.7 Å². The van der Waals surface area contributed by atoms with E-state index in [-0.39, 0.29) is 17.6 Å². The molecule has 7 rings (SSSR count). The highest BCUT2D eigenvalue weighted by atomic mass is 32.1. The van der Waals surface area contributed by atoms with E-state index in [0.29, 0.717) is 54.1 Å². The number of anilines is 2. The minimum atomic E-state index is -0.726. The number of pyridine rings is 1. The molecule has 1 fully saturated rings. The molecule has 2 aromatic heterocycles. The van der Waals surface area contributed by atoms with Crippen molar-refractivity contribution in [1.29, 1.82) is 0 Å². The topological polar surface area (TPSA) is 123 Å². The number of nitrogens with one attached hydrogen (secondary N) is 1. The van der Waals surface area contributed by atoms with Gasteiger partial charge in [-0.25, -0.2) is 14.8 Å². The van der Waals surface area contributed by atoms with Crippen molar-refractivity contribution in [2.75, 3.05) is 43.6 Å². The number of carbonyl (C=O) groups excluding carboxylic acids is 3. The molecule has 1 N–H and O–H groups in total. The molecule has 1 amide bonds. The zero-order valence-electron chi connectivity index (χ0n) is 35.2. The second-order valence-electron chi connectivity index (χ2n) is 17.0. The molecule has 0 aliphatic carbocycles. The number of hydrogen-bond acceptors (Lipinski definition) is 11. The maximum atomic E-state index is 13.9. The predicted octanol–water partition coefficient (Wildman–Crippen LogP) is 9.26. The van der Waals surface area contributed by atoms with Crippen LogP contribution in [0.4, 0.5) is 10.9 Å². The summed E-state index contributed by atoms with van der Waals surface area (Å²) in [6.45, 7) is 14.9. The van der Waals surface area contributed by atoms with Crippen LogP contribution >= 0.6 is 11.3 Å². The Morgan fingerprint density at radius 1 is 0.881 bits per heavy atom. The number of nitrogens with zero attached hydrogens (tertiary/aromatic N) is 4. The van der Waals surface area contributed by atoms with E-state index in [2.05, 4.69) is 26.2 Å². The first-order valence-electron chi connectivity index (χ1n) is 20.5. The maximum absolute atomic E-state index is 13.9. The number of hydrogen-bond donors (Lipinski definition) is 1. The van der Waals surface area contributed by atoms with Crippen LogP contribution in [0.25, 0.3) is 21.3 Å². The molecular weight excluding hydrogens is 763 g/mol. The summed E-state index contributed by atoms with van der Waals surface area (Å²) in [5.41, 5.74) is 4.79. The van der Waals surface area contributed by atoms with Crippen molar-refractivity contribution in [2.24, 2.45) is 5.92 Å². The third-order valence-electron chi connectivity index (χ3n) is 11.5. The average Bonchev–Trinajstić information content (AvgIpc) is 3.64. The second-order valence-corrected chi connectivity index (χ2v) is 18.1. The van der Waals surface area contributed by atoms with Gasteiger partial charge >= 0.3 is 11.9 Å². The lowest BCUT2D eigenvalue weighted by Gasteiger charge is -2.40. The van der Waals surface area contributed by atoms with Gasteiger partial charge in [-0.15, -0.1) is 0 Å². The van der Waals surface area contributed by atoms with Gasteiger partial charge in [-0.2, -0.15) is 0 Å². The van der Waals surface area contributed by atoms with Gasteiger partial charge in [0.2, 0.25) is 0 Å². The van der Waals surface area contributed by atoms with Crippen molar-refractivity contribution >= 4 is 50.3 Å². The van der Waals surface area contributed by atoms with Gasteiger partial charge in [0.05, 0.1) is 23.9 Å². The fourth-order valence-electron chi connectivity index (χ4n) is 8.18. The molecule has 3 aromatic carbocycles. The third kappa shape index (κ3) is 9.44. The molecule has 0 radical (unpaired) electrons. The molecule has 0 bridgehead atoms. The number of thiazole rings is 1. The van der Waals surface area contributed by atoms with Gasteiger partial charge in [0.15, 0.2) is 10.8 Å². The summed E-state index contributed by atoms with van der Waals surface area (Å²) in [5, 5.41) is 3.58. The molecule has 0 saturated carbocycles. The molecule has 0 spiro atoms. The first-order chi connectivity index (χ1) is 28.2. The number of benzene rings is 3. The summed E-state index contributed by atoms with van der Waals surface area (Å²) < 4.78 is 18.3. The molecule has 2 aliphatic heterocycles. The maximum Gasteiger partial charge on any atom is 0.358 e. The normalized spacial score (nSPS) is 15.1. The summed E-state index contributed by atoms with van der Waals surface area (Å²) in [6.07, 6.45) is 4.76. The van der Waals surface area contributed by atoms with E-state index >= 15 is 0 Å². The summed E-state index contributed by atoms with van der Waals surface area (Å²) in [5.74, 6) is 1.07. The van der Waals surface area contributed by atoms with E-state index in [0.717, 1.165) is 77.0 Å². The van der Waals surface area contributed by atoms with Crippen LogP contribution < -0.4 is 15.0 Å². The molecular formula is C47H55N5O6S. The van der Waals surface area contributed by atoms with Crippen molar-refractivity contribution in [1.82, 2.24) is 14.9 Å². The van der Waals surface area contributed by atoms with E-state index < -0.39 is 17.1 Å². The number of piperidine rings is 1. The fraction of sp³-hybridized carbons (Fsp3) is 0.426. The zero-order chi connectivity index (χ0) is 41.9. The van der Waals surface area contributed by atoms with Gasteiger partial charge in [-0.1, -0.05) is 47.7 Å².